The molecule has 162 valence electrons. The lowest BCUT2D eigenvalue weighted by atomic mass is 10.0. The normalized spacial score (nSPS) is 16.1. The summed E-state index contributed by atoms with van der Waals surface area (Å²) >= 11 is 0. The zero-order valence-electron chi connectivity index (χ0n) is 16.7. The second kappa shape index (κ2) is 9.95. The number of carbonyl (C=O) groups excluding carboxylic acids is 1. The minimum atomic E-state index is -4.46. The van der Waals surface area contributed by atoms with Gasteiger partial charge in [-0.05, 0) is 30.7 Å². The van der Waals surface area contributed by atoms with Crippen molar-refractivity contribution >= 4 is 5.91 Å². The zero-order valence-corrected chi connectivity index (χ0v) is 16.7. The zero-order chi connectivity index (χ0) is 21.6. The second-order valence-corrected chi connectivity index (χ2v) is 7.26. The molecule has 0 unspecified atom stereocenters. The fraction of sp³-hybridized carbons (Fsp3) is 0.409. The molecule has 8 heteroatoms. The number of carbonyl (C=O) groups is 1. The Morgan fingerprint density at radius 3 is 2.53 bits per heavy atom. The first-order chi connectivity index (χ1) is 14.3. The van der Waals surface area contributed by atoms with Crippen LogP contribution in [0.25, 0.3) is 0 Å². The molecule has 2 aromatic rings. The van der Waals surface area contributed by atoms with Gasteiger partial charge >= 0.3 is 6.18 Å². The number of benzene rings is 2. The molecular formula is C22H25F3N2O3. The van der Waals surface area contributed by atoms with Crippen LogP contribution >= 0.6 is 0 Å². The molecule has 0 aromatic heterocycles. The molecule has 2 aromatic carbocycles. The van der Waals surface area contributed by atoms with Gasteiger partial charge < -0.3 is 14.8 Å². The third-order valence-corrected chi connectivity index (χ3v) is 4.89. The van der Waals surface area contributed by atoms with E-state index in [1.54, 1.807) is 0 Å². The fourth-order valence-corrected chi connectivity index (χ4v) is 3.22. The number of nitrogens with zero attached hydrogens (tertiary/aromatic N) is 1. The standard InChI is InChI=1S/C22H25F3N2O3/c1-16-5-7-17(8-6-16)20(14-27-9-11-29-12-10-27)26-21(28)15-30-19-4-2-3-18(13-19)22(23,24)25/h2-8,13,20H,9-12,14-15H2,1H3,(H,26,28)/t20-/m0/s1. The molecule has 1 heterocycles. The van der Waals surface area contributed by atoms with Crippen molar-refractivity contribution in [2.45, 2.75) is 19.1 Å². The molecule has 3 rings (SSSR count). The predicted octanol–water partition coefficient (Wildman–Crippen LogP) is 3.58. The fourth-order valence-electron chi connectivity index (χ4n) is 3.22. The van der Waals surface area contributed by atoms with Crippen molar-refractivity contribution < 1.29 is 27.4 Å². The SMILES string of the molecule is Cc1ccc([C@H](CN2CCOCC2)NC(=O)COc2cccc(C(F)(F)F)c2)cc1. The average molecular weight is 422 g/mol. The number of hydrogen-bond acceptors (Lipinski definition) is 4. The summed E-state index contributed by atoms with van der Waals surface area (Å²) in [5.41, 5.74) is 1.26. The summed E-state index contributed by atoms with van der Waals surface area (Å²) in [6, 6.07) is 12.1. The molecule has 0 saturated carbocycles. The first kappa shape index (κ1) is 22.1. The lowest BCUT2D eigenvalue weighted by Gasteiger charge is -2.31. The van der Waals surface area contributed by atoms with Gasteiger partial charge in [-0.15, -0.1) is 0 Å². The number of aryl methyl sites for hydroxylation is 1. The van der Waals surface area contributed by atoms with Crippen LogP contribution in [0, 0.1) is 6.92 Å². The second-order valence-electron chi connectivity index (χ2n) is 7.26. The van der Waals surface area contributed by atoms with Gasteiger partial charge in [-0.1, -0.05) is 35.9 Å². The van der Waals surface area contributed by atoms with Crippen LogP contribution in [0.15, 0.2) is 48.5 Å². The Kier molecular flexibility index (Phi) is 7.33. The van der Waals surface area contributed by atoms with E-state index in [0.717, 1.165) is 36.3 Å². The van der Waals surface area contributed by atoms with Crippen LogP contribution in [0.3, 0.4) is 0 Å². The Hall–Kier alpha value is -2.58. The number of nitrogens with one attached hydrogen (secondary N) is 1. The Labute approximate surface area is 173 Å². The van der Waals surface area contributed by atoms with Gasteiger partial charge in [-0.3, -0.25) is 9.69 Å². The highest BCUT2D eigenvalue weighted by molar-refractivity contribution is 5.78. The molecule has 1 N–H and O–H groups in total. The van der Waals surface area contributed by atoms with Gasteiger partial charge in [0.1, 0.15) is 5.75 Å². The Morgan fingerprint density at radius 1 is 1.17 bits per heavy atom. The molecule has 1 amide bonds. The molecule has 1 atom stereocenters. The summed E-state index contributed by atoms with van der Waals surface area (Å²) in [5.74, 6) is -0.397. The Balaban J connectivity index is 1.63. The molecule has 1 saturated heterocycles. The summed E-state index contributed by atoms with van der Waals surface area (Å²) in [6.07, 6.45) is -4.46. The number of alkyl halides is 3. The summed E-state index contributed by atoms with van der Waals surface area (Å²) in [7, 11) is 0. The number of hydrogen-bond donors (Lipinski definition) is 1. The van der Waals surface area contributed by atoms with Gasteiger partial charge in [0, 0.05) is 19.6 Å². The summed E-state index contributed by atoms with van der Waals surface area (Å²) < 4.78 is 49.2. The van der Waals surface area contributed by atoms with Gasteiger partial charge in [0.05, 0.1) is 24.8 Å². The highest BCUT2D eigenvalue weighted by Crippen LogP contribution is 2.31. The van der Waals surface area contributed by atoms with Gasteiger partial charge in [-0.25, -0.2) is 0 Å². The molecule has 0 aliphatic carbocycles. The maximum atomic E-state index is 12.8. The van der Waals surface area contributed by atoms with Crippen molar-refractivity contribution in [1.29, 1.82) is 0 Å². The van der Waals surface area contributed by atoms with E-state index in [0.29, 0.717) is 19.8 Å². The lowest BCUT2D eigenvalue weighted by molar-refractivity contribution is -0.137. The van der Waals surface area contributed by atoms with Gasteiger partial charge in [0.25, 0.3) is 5.91 Å². The van der Waals surface area contributed by atoms with Crippen molar-refractivity contribution in [2.75, 3.05) is 39.5 Å². The highest BCUT2D eigenvalue weighted by Gasteiger charge is 2.30. The van der Waals surface area contributed by atoms with Crippen LogP contribution in [0.4, 0.5) is 13.2 Å². The van der Waals surface area contributed by atoms with Gasteiger partial charge in [-0.2, -0.15) is 13.2 Å². The third-order valence-electron chi connectivity index (χ3n) is 4.89. The summed E-state index contributed by atoms with van der Waals surface area (Å²) in [4.78, 5) is 14.7. The summed E-state index contributed by atoms with van der Waals surface area (Å²) in [5, 5.41) is 2.95. The smallest absolute Gasteiger partial charge is 0.416 e. The largest absolute Gasteiger partial charge is 0.484 e. The van der Waals surface area contributed by atoms with Crippen LogP contribution in [0.1, 0.15) is 22.7 Å². The predicted molar refractivity (Wildman–Crippen MR) is 106 cm³/mol. The van der Waals surface area contributed by atoms with Crippen molar-refractivity contribution in [3.8, 4) is 5.75 Å². The van der Waals surface area contributed by atoms with Crippen LogP contribution in [0.5, 0.6) is 5.75 Å². The topological polar surface area (TPSA) is 50.8 Å². The first-order valence-electron chi connectivity index (χ1n) is 9.77. The van der Waals surface area contributed by atoms with E-state index in [1.807, 2.05) is 31.2 Å². The number of morpholine rings is 1. The van der Waals surface area contributed by atoms with Crippen LogP contribution < -0.4 is 10.1 Å². The van der Waals surface area contributed by atoms with Crippen molar-refractivity contribution in [3.05, 3.63) is 65.2 Å². The Bertz CT molecular complexity index is 834. The van der Waals surface area contributed by atoms with Crippen molar-refractivity contribution in [3.63, 3.8) is 0 Å². The first-order valence-corrected chi connectivity index (χ1v) is 9.77. The molecule has 0 radical (unpaired) electrons. The van der Waals surface area contributed by atoms with E-state index in [2.05, 4.69) is 10.2 Å². The maximum absolute atomic E-state index is 12.8. The van der Waals surface area contributed by atoms with Crippen LogP contribution in [-0.2, 0) is 15.7 Å². The number of halogens is 3. The maximum Gasteiger partial charge on any atom is 0.416 e. The average Bonchev–Trinajstić information content (AvgIpc) is 2.73. The molecule has 1 aliphatic rings. The highest BCUT2D eigenvalue weighted by atomic mass is 19.4. The molecule has 5 nitrogen and oxygen atoms in total. The van der Waals surface area contributed by atoms with Gasteiger partial charge in [0.2, 0.25) is 0 Å². The van der Waals surface area contributed by atoms with Gasteiger partial charge in [0.15, 0.2) is 6.61 Å². The number of amides is 1. The monoisotopic (exact) mass is 422 g/mol. The van der Waals surface area contributed by atoms with E-state index < -0.39 is 17.6 Å². The van der Waals surface area contributed by atoms with Crippen LogP contribution in [-0.4, -0.2) is 50.3 Å². The van der Waals surface area contributed by atoms with E-state index in [4.69, 9.17) is 9.47 Å². The molecule has 1 aliphatic heterocycles. The number of ether oxygens (including phenoxy) is 2. The molecule has 1 fully saturated rings. The van der Waals surface area contributed by atoms with E-state index >= 15 is 0 Å². The quantitative estimate of drug-likeness (QED) is 0.741. The molecular weight excluding hydrogens is 397 g/mol. The minimum absolute atomic E-state index is 0.0000372. The lowest BCUT2D eigenvalue weighted by Crippen LogP contribution is -2.44. The van der Waals surface area contributed by atoms with Crippen molar-refractivity contribution in [1.82, 2.24) is 10.2 Å². The van der Waals surface area contributed by atoms with E-state index in [1.165, 1.54) is 12.1 Å². The molecule has 0 bridgehead atoms. The summed E-state index contributed by atoms with van der Waals surface area (Å²) in [6.45, 7) is 5.08. The molecule has 30 heavy (non-hydrogen) atoms. The van der Waals surface area contributed by atoms with E-state index in [9.17, 15) is 18.0 Å². The third kappa shape index (κ3) is 6.47. The van der Waals surface area contributed by atoms with Crippen molar-refractivity contribution in [2.24, 2.45) is 0 Å². The van der Waals surface area contributed by atoms with E-state index in [-0.39, 0.29) is 18.4 Å². The number of rotatable bonds is 7. The Morgan fingerprint density at radius 2 is 1.87 bits per heavy atom. The minimum Gasteiger partial charge on any atom is -0.484 e. The molecule has 0 spiro atoms. The van der Waals surface area contributed by atoms with Crippen LogP contribution in [0.2, 0.25) is 0 Å².